The van der Waals surface area contributed by atoms with Gasteiger partial charge in [-0.25, -0.2) is 0 Å². The van der Waals surface area contributed by atoms with E-state index in [0.29, 0.717) is 11.4 Å². The summed E-state index contributed by atoms with van der Waals surface area (Å²) in [5.41, 5.74) is 1.28. The third-order valence-electron chi connectivity index (χ3n) is 3.91. The Morgan fingerprint density at radius 3 is 2.40 bits per heavy atom. The summed E-state index contributed by atoms with van der Waals surface area (Å²) in [7, 11) is 0. The Balaban J connectivity index is 1.58. The van der Waals surface area contributed by atoms with E-state index in [1.807, 2.05) is 18.2 Å². The molecular formula is C21H16BrN3O4S. The van der Waals surface area contributed by atoms with Crippen molar-refractivity contribution >= 4 is 56.6 Å². The molecule has 3 rings (SSSR count). The van der Waals surface area contributed by atoms with Gasteiger partial charge in [-0.15, -0.1) is 11.8 Å². The number of halogens is 1. The summed E-state index contributed by atoms with van der Waals surface area (Å²) >= 11 is 4.68. The van der Waals surface area contributed by atoms with Gasteiger partial charge in [0.15, 0.2) is 0 Å². The number of nitro benzene ring substituents is 1. The highest BCUT2D eigenvalue weighted by Crippen LogP contribution is 2.23. The third kappa shape index (κ3) is 6.16. The van der Waals surface area contributed by atoms with Gasteiger partial charge in [0, 0.05) is 38.4 Å². The van der Waals surface area contributed by atoms with Gasteiger partial charge in [-0.2, -0.15) is 0 Å². The molecule has 0 spiro atoms. The van der Waals surface area contributed by atoms with Gasteiger partial charge in [0.25, 0.3) is 11.6 Å². The van der Waals surface area contributed by atoms with Crippen molar-refractivity contribution in [3.63, 3.8) is 0 Å². The van der Waals surface area contributed by atoms with Crippen LogP contribution in [-0.4, -0.2) is 22.5 Å². The average Bonchev–Trinajstić information content (AvgIpc) is 2.74. The molecule has 0 saturated carbocycles. The number of nitrogens with one attached hydrogen (secondary N) is 2. The van der Waals surface area contributed by atoms with Gasteiger partial charge in [0.1, 0.15) is 0 Å². The van der Waals surface area contributed by atoms with E-state index in [-0.39, 0.29) is 22.9 Å². The number of anilines is 2. The number of carbonyl (C=O) groups is 2. The van der Waals surface area contributed by atoms with Crippen LogP contribution >= 0.6 is 27.7 Å². The van der Waals surface area contributed by atoms with Crippen LogP contribution < -0.4 is 10.6 Å². The zero-order chi connectivity index (χ0) is 21.5. The lowest BCUT2D eigenvalue weighted by molar-refractivity contribution is -0.384. The van der Waals surface area contributed by atoms with E-state index in [0.717, 1.165) is 9.37 Å². The summed E-state index contributed by atoms with van der Waals surface area (Å²) in [4.78, 5) is 35.6. The molecule has 0 unspecified atom stereocenters. The number of thioether (sulfide) groups is 1. The first-order chi connectivity index (χ1) is 14.4. The largest absolute Gasteiger partial charge is 0.325 e. The van der Waals surface area contributed by atoms with E-state index in [9.17, 15) is 19.7 Å². The molecule has 7 nitrogen and oxygen atoms in total. The van der Waals surface area contributed by atoms with Crippen molar-refractivity contribution in [1.29, 1.82) is 0 Å². The molecule has 0 heterocycles. The SMILES string of the molecule is O=C(CSc1cccc(NC(=O)c2cccc([N+](=O)[O-])c2)c1)Nc1ccc(Br)cc1. The Bertz CT molecular complexity index is 1090. The molecule has 3 aromatic carbocycles. The molecule has 2 N–H and O–H groups in total. The van der Waals surface area contributed by atoms with E-state index in [1.54, 1.807) is 30.3 Å². The Labute approximate surface area is 185 Å². The van der Waals surface area contributed by atoms with Crippen molar-refractivity contribution in [2.45, 2.75) is 4.90 Å². The van der Waals surface area contributed by atoms with Crippen LogP contribution in [0, 0.1) is 10.1 Å². The zero-order valence-corrected chi connectivity index (χ0v) is 17.9. The highest BCUT2D eigenvalue weighted by atomic mass is 79.9. The molecule has 0 aliphatic carbocycles. The van der Waals surface area contributed by atoms with Crippen molar-refractivity contribution in [3.05, 3.63) is 92.9 Å². The first-order valence-corrected chi connectivity index (χ1v) is 10.5. The summed E-state index contributed by atoms with van der Waals surface area (Å²) in [5, 5.41) is 16.4. The van der Waals surface area contributed by atoms with Crippen molar-refractivity contribution < 1.29 is 14.5 Å². The summed E-state index contributed by atoms with van der Waals surface area (Å²) in [6, 6.07) is 19.9. The second-order valence-corrected chi connectivity index (χ2v) is 8.10. The number of benzene rings is 3. The van der Waals surface area contributed by atoms with Gasteiger partial charge in [0.05, 0.1) is 10.7 Å². The second-order valence-electron chi connectivity index (χ2n) is 6.13. The molecule has 0 atom stereocenters. The van der Waals surface area contributed by atoms with Crippen LogP contribution in [0.25, 0.3) is 0 Å². The number of amides is 2. The molecule has 0 fully saturated rings. The van der Waals surface area contributed by atoms with Crippen LogP contribution in [0.4, 0.5) is 17.1 Å². The number of rotatable bonds is 7. The number of nitrogens with zero attached hydrogens (tertiary/aromatic N) is 1. The first-order valence-electron chi connectivity index (χ1n) is 8.75. The van der Waals surface area contributed by atoms with Gasteiger partial charge in [0.2, 0.25) is 5.91 Å². The quantitative estimate of drug-likeness (QED) is 0.267. The fourth-order valence-corrected chi connectivity index (χ4v) is 3.53. The smallest absolute Gasteiger partial charge is 0.270 e. The molecule has 152 valence electrons. The summed E-state index contributed by atoms with van der Waals surface area (Å²) in [5.74, 6) is -0.389. The number of hydrogen-bond acceptors (Lipinski definition) is 5. The number of nitro groups is 1. The van der Waals surface area contributed by atoms with Gasteiger partial charge >= 0.3 is 0 Å². The molecule has 0 bridgehead atoms. The third-order valence-corrected chi connectivity index (χ3v) is 5.43. The lowest BCUT2D eigenvalue weighted by Gasteiger charge is -2.08. The minimum atomic E-state index is -0.548. The highest BCUT2D eigenvalue weighted by molar-refractivity contribution is 9.10. The molecule has 9 heteroatoms. The van der Waals surface area contributed by atoms with Crippen LogP contribution in [0.1, 0.15) is 10.4 Å². The van der Waals surface area contributed by atoms with Crippen LogP contribution in [0.3, 0.4) is 0 Å². The first kappa shape index (κ1) is 21.5. The van der Waals surface area contributed by atoms with E-state index in [4.69, 9.17) is 0 Å². The molecule has 0 aromatic heterocycles. The number of hydrogen-bond donors (Lipinski definition) is 2. The Morgan fingerprint density at radius 2 is 1.67 bits per heavy atom. The van der Waals surface area contributed by atoms with Crippen LogP contribution in [0.15, 0.2) is 82.2 Å². The molecule has 2 amide bonds. The maximum absolute atomic E-state index is 12.4. The van der Waals surface area contributed by atoms with E-state index in [2.05, 4.69) is 26.6 Å². The highest BCUT2D eigenvalue weighted by Gasteiger charge is 2.12. The maximum atomic E-state index is 12.4. The van der Waals surface area contributed by atoms with Gasteiger partial charge in [-0.1, -0.05) is 28.1 Å². The second kappa shape index (κ2) is 10.0. The Hall–Kier alpha value is -3.17. The predicted molar refractivity (Wildman–Crippen MR) is 121 cm³/mol. The van der Waals surface area contributed by atoms with Crippen molar-refractivity contribution in [1.82, 2.24) is 0 Å². The summed E-state index contributed by atoms with van der Waals surface area (Å²) in [6.07, 6.45) is 0. The minimum absolute atomic E-state index is 0.145. The van der Waals surface area contributed by atoms with Gasteiger partial charge in [-0.05, 0) is 48.5 Å². The fourth-order valence-electron chi connectivity index (χ4n) is 2.51. The standard InChI is InChI=1S/C21H16BrN3O4S/c22-15-7-9-16(10-8-15)23-20(26)13-30-19-6-2-4-17(12-19)24-21(27)14-3-1-5-18(11-14)25(28)29/h1-12H,13H2,(H,23,26)(H,24,27). The fraction of sp³-hybridized carbons (Fsp3) is 0.0476. The molecule has 30 heavy (non-hydrogen) atoms. The lowest BCUT2D eigenvalue weighted by atomic mass is 10.2. The number of carbonyl (C=O) groups excluding carboxylic acids is 2. The average molecular weight is 486 g/mol. The molecule has 0 radical (unpaired) electrons. The molecule has 0 saturated heterocycles. The van der Waals surface area contributed by atoms with Crippen molar-refractivity contribution in [2.75, 3.05) is 16.4 Å². The van der Waals surface area contributed by atoms with Crippen LogP contribution in [0.5, 0.6) is 0 Å². The van der Waals surface area contributed by atoms with Gasteiger partial charge < -0.3 is 10.6 Å². The summed E-state index contributed by atoms with van der Waals surface area (Å²) < 4.78 is 0.929. The monoisotopic (exact) mass is 485 g/mol. The predicted octanol–water partition coefficient (Wildman–Crippen LogP) is 5.34. The number of non-ortho nitro benzene ring substituents is 1. The molecular weight excluding hydrogens is 470 g/mol. The normalized spacial score (nSPS) is 10.3. The van der Waals surface area contributed by atoms with Crippen LogP contribution in [0.2, 0.25) is 0 Å². The molecule has 0 aliphatic heterocycles. The Kier molecular flexibility index (Phi) is 7.21. The van der Waals surface area contributed by atoms with Gasteiger partial charge in [-0.3, -0.25) is 19.7 Å². The zero-order valence-electron chi connectivity index (χ0n) is 15.5. The van der Waals surface area contributed by atoms with E-state index in [1.165, 1.54) is 36.0 Å². The van der Waals surface area contributed by atoms with Crippen molar-refractivity contribution in [2.24, 2.45) is 0 Å². The van der Waals surface area contributed by atoms with E-state index >= 15 is 0 Å². The molecule has 3 aromatic rings. The lowest BCUT2D eigenvalue weighted by Crippen LogP contribution is -2.14. The minimum Gasteiger partial charge on any atom is -0.325 e. The summed E-state index contributed by atoms with van der Waals surface area (Å²) in [6.45, 7) is 0. The van der Waals surface area contributed by atoms with Crippen molar-refractivity contribution in [3.8, 4) is 0 Å². The van der Waals surface area contributed by atoms with E-state index < -0.39 is 10.8 Å². The van der Waals surface area contributed by atoms with Crippen LogP contribution in [-0.2, 0) is 4.79 Å². The molecule has 0 aliphatic rings. The topological polar surface area (TPSA) is 101 Å². The maximum Gasteiger partial charge on any atom is 0.270 e. The Morgan fingerprint density at radius 1 is 0.933 bits per heavy atom.